The molecule has 0 saturated heterocycles. The van der Waals surface area contributed by atoms with Gasteiger partial charge in [-0.1, -0.05) is 29.8 Å². The number of halogens is 3. The number of fused-ring (bicyclic) bond motifs is 1. The van der Waals surface area contributed by atoms with E-state index in [2.05, 4.69) is 0 Å². The number of hydrogen-bond donors (Lipinski definition) is 1. The summed E-state index contributed by atoms with van der Waals surface area (Å²) >= 11 is 6.10. The van der Waals surface area contributed by atoms with Crippen LogP contribution in [0.2, 0.25) is 5.02 Å². The monoisotopic (exact) mass is 514 g/mol. The van der Waals surface area contributed by atoms with Gasteiger partial charge in [0, 0.05) is 35.8 Å². The Bertz CT molecular complexity index is 1520. The highest BCUT2D eigenvalue weighted by atomic mass is 35.5. The summed E-state index contributed by atoms with van der Waals surface area (Å²) < 4.78 is 36.0. The van der Waals surface area contributed by atoms with Crippen molar-refractivity contribution in [2.45, 2.75) is 39.0 Å². The Balaban J connectivity index is 2.02. The Morgan fingerprint density at radius 1 is 1.08 bits per heavy atom. The highest BCUT2D eigenvalue weighted by Gasteiger charge is 2.33. The summed E-state index contributed by atoms with van der Waals surface area (Å²) in [4.78, 5) is 26.0. The summed E-state index contributed by atoms with van der Waals surface area (Å²) in [7, 11) is 1.49. The Hall–Kier alpha value is -3.49. The van der Waals surface area contributed by atoms with E-state index in [4.69, 9.17) is 16.3 Å². The third-order valence-corrected chi connectivity index (χ3v) is 6.02. The molecule has 6 nitrogen and oxygen atoms in total. The van der Waals surface area contributed by atoms with Gasteiger partial charge in [0.05, 0.1) is 11.3 Å². The highest BCUT2D eigenvalue weighted by molar-refractivity contribution is 6.30. The molecule has 0 unspecified atom stereocenters. The zero-order chi connectivity index (χ0) is 26.4. The summed E-state index contributed by atoms with van der Waals surface area (Å²) in [5.74, 6) is -3.18. The molecule has 2 heterocycles. The molecule has 0 aliphatic rings. The van der Waals surface area contributed by atoms with Crippen LogP contribution in [0, 0.1) is 11.6 Å². The fourth-order valence-corrected chi connectivity index (χ4v) is 4.38. The standard InChI is InChI=1S/C27H25ClF2N2O4/c1-27(2,3)36-24(26(34)35)23-21(16-6-8-17(28)9-7-16)18-11-12-32(22(18)25(33)31(23)4)14-15-5-10-19(29)20(30)13-15/h5-13,24H,14H2,1-4H3,(H,34,35)/t24-/m0/s1. The predicted octanol–water partition coefficient (Wildman–Crippen LogP) is 5.93. The molecule has 4 aromatic rings. The molecule has 0 amide bonds. The molecule has 1 atom stereocenters. The van der Waals surface area contributed by atoms with E-state index in [1.165, 1.54) is 17.7 Å². The fourth-order valence-electron chi connectivity index (χ4n) is 4.26. The quantitative estimate of drug-likeness (QED) is 0.346. The van der Waals surface area contributed by atoms with Crippen molar-refractivity contribution < 1.29 is 23.4 Å². The van der Waals surface area contributed by atoms with Crippen LogP contribution >= 0.6 is 11.6 Å². The van der Waals surface area contributed by atoms with Crippen molar-refractivity contribution in [2.75, 3.05) is 0 Å². The SMILES string of the molecule is Cn1c([C@H](OC(C)(C)C)C(=O)O)c(-c2ccc(Cl)cc2)c2ccn(Cc3ccc(F)c(F)c3)c2c1=O. The van der Waals surface area contributed by atoms with Crippen molar-refractivity contribution in [3.8, 4) is 11.1 Å². The first-order valence-corrected chi connectivity index (χ1v) is 11.6. The second kappa shape index (κ2) is 9.52. The van der Waals surface area contributed by atoms with Gasteiger partial charge in [-0.2, -0.15) is 0 Å². The number of hydrogen-bond acceptors (Lipinski definition) is 3. The Morgan fingerprint density at radius 2 is 1.75 bits per heavy atom. The number of pyridine rings is 1. The average molecular weight is 515 g/mol. The maximum Gasteiger partial charge on any atom is 0.339 e. The minimum Gasteiger partial charge on any atom is -0.479 e. The lowest BCUT2D eigenvalue weighted by molar-refractivity contribution is -0.161. The van der Waals surface area contributed by atoms with Crippen LogP contribution in [0.1, 0.15) is 38.1 Å². The van der Waals surface area contributed by atoms with Crippen LogP contribution in [0.15, 0.2) is 59.5 Å². The molecule has 0 saturated carbocycles. The van der Waals surface area contributed by atoms with Crippen LogP contribution in [0.5, 0.6) is 0 Å². The van der Waals surface area contributed by atoms with Crippen molar-refractivity contribution in [3.05, 3.63) is 93.0 Å². The number of carboxylic acids is 1. The molecule has 0 radical (unpaired) electrons. The minimum atomic E-state index is -1.44. The fraction of sp³-hybridized carbons (Fsp3) is 0.259. The van der Waals surface area contributed by atoms with Gasteiger partial charge >= 0.3 is 5.97 Å². The Kier molecular flexibility index (Phi) is 6.77. The molecule has 2 aromatic carbocycles. The summed E-state index contributed by atoms with van der Waals surface area (Å²) in [6, 6.07) is 12.1. The van der Waals surface area contributed by atoms with Crippen LogP contribution in [0.4, 0.5) is 8.78 Å². The van der Waals surface area contributed by atoms with E-state index in [9.17, 15) is 23.5 Å². The van der Waals surface area contributed by atoms with Gasteiger partial charge in [-0.25, -0.2) is 13.6 Å². The second-order valence-corrected chi connectivity index (χ2v) is 9.97. The van der Waals surface area contributed by atoms with Crippen LogP contribution in [0.25, 0.3) is 22.0 Å². The smallest absolute Gasteiger partial charge is 0.339 e. The number of aromatic nitrogens is 2. The Labute approximate surface area is 211 Å². The van der Waals surface area contributed by atoms with Gasteiger partial charge in [-0.05, 0) is 62.2 Å². The van der Waals surface area contributed by atoms with Gasteiger partial charge in [0.15, 0.2) is 17.7 Å². The van der Waals surface area contributed by atoms with Gasteiger partial charge in [0.25, 0.3) is 5.56 Å². The van der Waals surface area contributed by atoms with E-state index in [1.54, 1.807) is 61.9 Å². The van der Waals surface area contributed by atoms with Crippen molar-refractivity contribution in [1.29, 1.82) is 0 Å². The number of carbonyl (C=O) groups is 1. The molecular weight excluding hydrogens is 490 g/mol. The third kappa shape index (κ3) is 4.92. The second-order valence-electron chi connectivity index (χ2n) is 9.53. The maximum absolute atomic E-state index is 13.8. The topological polar surface area (TPSA) is 73.5 Å². The first kappa shape index (κ1) is 25.6. The molecule has 0 spiro atoms. The number of nitrogens with zero attached hydrogens (tertiary/aromatic N) is 2. The number of benzene rings is 2. The van der Waals surface area contributed by atoms with Crippen molar-refractivity contribution in [2.24, 2.45) is 7.05 Å². The summed E-state index contributed by atoms with van der Waals surface area (Å²) in [5, 5.41) is 11.1. The van der Waals surface area contributed by atoms with Gasteiger partial charge in [-0.15, -0.1) is 0 Å². The molecule has 0 fully saturated rings. The lowest BCUT2D eigenvalue weighted by Crippen LogP contribution is -2.33. The molecule has 36 heavy (non-hydrogen) atoms. The first-order chi connectivity index (χ1) is 16.9. The molecule has 1 N–H and O–H groups in total. The van der Waals surface area contributed by atoms with Crippen molar-refractivity contribution in [3.63, 3.8) is 0 Å². The van der Waals surface area contributed by atoms with Gasteiger partial charge in [0.1, 0.15) is 5.52 Å². The van der Waals surface area contributed by atoms with E-state index >= 15 is 0 Å². The van der Waals surface area contributed by atoms with Crippen molar-refractivity contribution in [1.82, 2.24) is 9.13 Å². The van der Waals surface area contributed by atoms with Crippen LogP contribution < -0.4 is 5.56 Å². The zero-order valence-electron chi connectivity index (χ0n) is 20.2. The lowest BCUT2D eigenvalue weighted by atomic mass is 9.96. The third-order valence-electron chi connectivity index (χ3n) is 5.77. The molecule has 0 aliphatic heterocycles. The predicted molar refractivity (Wildman–Crippen MR) is 134 cm³/mol. The van der Waals surface area contributed by atoms with E-state index in [0.717, 1.165) is 12.1 Å². The molecule has 0 bridgehead atoms. The maximum atomic E-state index is 13.8. The number of rotatable bonds is 6. The number of aliphatic carboxylic acids is 1. The van der Waals surface area contributed by atoms with E-state index in [0.29, 0.717) is 27.1 Å². The molecule has 0 aliphatic carbocycles. The minimum absolute atomic E-state index is 0.107. The van der Waals surface area contributed by atoms with E-state index < -0.39 is 34.9 Å². The van der Waals surface area contributed by atoms with Crippen molar-refractivity contribution >= 4 is 28.5 Å². The lowest BCUT2D eigenvalue weighted by Gasteiger charge is -2.28. The summed E-state index contributed by atoms with van der Waals surface area (Å²) in [5.41, 5.74) is 0.816. The summed E-state index contributed by atoms with van der Waals surface area (Å²) in [6.45, 7) is 5.32. The van der Waals surface area contributed by atoms with Gasteiger partial charge in [0.2, 0.25) is 0 Å². The number of ether oxygens (including phenoxy) is 1. The normalized spacial score (nSPS) is 12.8. The summed E-state index contributed by atoms with van der Waals surface area (Å²) in [6.07, 6.45) is 0.226. The highest BCUT2D eigenvalue weighted by Crippen LogP contribution is 2.37. The van der Waals surface area contributed by atoms with Crippen LogP contribution in [-0.4, -0.2) is 25.8 Å². The molecule has 188 valence electrons. The largest absolute Gasteiger partial charge is 0.479 e. The zero-order valence-corrected chi connectivity index (χ0v) is 20.9. The Morgan fingerprint density at radius 3 is 2.33 bits per heavy atom. The molecule has 9 heteroatoms. The van der Waals surface area contributed by atoms with E-state index in [1.807, 2.05) is 0 Å². The van der Waals surface area contributed by atoms with Crippen LogP contribution in [-0.2, 0) is 23.1 Å². The molecule has 4 rings (SSSR count). The van der Waals surface area contributed by atoms with E-state index in [-0.39, 0.29) is 17.8 Å². The first-order valence-electron chi connectivity index (χ1n) is 11.2. The molecule has 2 aromatic heterocycles. The average Bonchev–Trinajstić information content (AvgIpc) is 3.20. The van der Waals surface area contributed by atoms with Crippen LogP contribution in [0.3, 0.4) is 0 Å². The molecular formula is C27H25ClF2N2O4. The van der Waals surface area contributed by atoms with Gasteiger partial charge in [-0.3, -0.25) is 4.79 Å². The van der Waals surface area contributed by atoms with Gasteiger partial charge < -0.3 is 19.0 Å². The number of carboxylic acid groups (broad SMARTS) is 1.